The number of aryl methyl sites for hydroxylation is 1. The number of aromatic nitrogens is 2. The molecule has 0 unspecified atom stereocenters. The summed E-state index contributed by atoms with van der Waals surface area (Å²) in [6, 6.07) is 6.51. The molecule has 0 aliphatic carbocycles. The van der Waals surface area contributed by atoms with Crippen molar-refractivity contribution < 1.29 is 12.9 Å². The topological polar surface area (TPSA) is 97.1 Å². The molecule has 1 aromatic heterocycles. The number of sulfonamides is 1. The second-order valence-corrected chi connectivity index (χ2v) is 6.28. The fourth-order valence-corrected chi connectivity index (χ4v) is 2.80. The van der Waals surface area contributed by atoms with Crippen molar-refractivity contribution >= 4 is 15.7 Å². The average molecular weight is 310 g/mol. The minimum absolute atomic E-state index is 0.245. The number of hydrogen-bond acceptors (Lipinski definition) is 6. The lowest BCUT2D eigenvalue weighted by molar-refractivity contribution is 0.379. The molecular formula is C13H18N4O3S. The summed E-state index contributed by atoms with van der Waals surface area (Å²) in [4.78, 5) is 4.32. The molecule has 1 heterocycles. The van der Waals surface area contributed by atoms with Gasteiger partial charge in [0.2, 0.25) is 15.9 Å². The van der Waals surface area contributed by atoms with Crippen molar-refractivity contribution in [1.29, 1.82) is 0 Å². The van der Waals surface area contributed by atoms with Crippen molar-refractivity contribution in [3.8, 4) is 0 Å². The van der Waals surface area contributed by atoms with Crippen molar-refractivity contribution in [2.75, 3.05) is 11.9 Å². The molecule has 0 amide bonds. The van der Waals surface area contributed by atoms with Gasteiger partial charge in [-0.05, 0) is 37.6 Å². The molecule has 0 atom stereocenters. The second-order valence-electron chi connectivity index (χ2n) is 4.51. The van der Waals surface area contributed by atoms with Crippen LogP contribution in [0.1, 0.15) is 25.1 Å². The molecular weight excluding hydrogens is 292 g/mol. The summed E-state index contributed by atoms with van der Waals surface area (Å²) in [7, 11) is -3.42. The second kappa shape index (κ2) is 6.68. The Balaban J connectivity index is 1.98. The van der Waals surface area contributed by atoms with Crippen LogP contribution in [0.2, 0.25) is 0 Å². The molecule has 0 spiro atoms. The highest BCUT2D eigenvalue weighted by molar-refractivity contribution is 7.89. The Hall–Kier alpha value is -1.93. The van der Waals surface area contributed by atoms with E-state index in [1.165, 1.54) is 0 Å². The van der Waals surface area contributed by atoms with Crippen LogP contribution in [0.15, 0.2) is 33.7 Å². The predicted molar refractivity (Wildman–Crippen MR) is 78.3 cm³/mol. The summed E-state index contributed by atoms with van der Waals surface area (Å²) in [5.74, 6) is 1.06. The molecule has 0 saturated carbocycles. The van der Waals surface area contributed by atoms with Gasteiger partial charge in [-0.2, -0.15) is 4.98 Å². The van der Waals surface area contributed by atoms with E-state index in [0.717, 1.165) is 12.1 Å². The first kappa shape index (κ1) is 15.5. The van der Waals surface area contributed by atoms with E-state index < -0.39 is 10.0 Å². The predicted octanol–water partition coefficient (Wildman–Crippen LogP) is 1.68. The van der Waals surface area contributed by atoms with Gasteiger partial charge in [-0.3, -0.25) is 0 Å². The molecule has 0 saturated heterocycles. The van der Waals surface area contributed by atoms with Crippen LogP contribution in [-0.4, -0.2) is 25.1 Å². The van der Waals surface area contributed by atoms with Gasteiger partial charge < -0.3 is 9.84 Å². The number of nitrogens with zero attached hydrogens (tertiary/aromatic N) is 2. The van der Waals surface area contributed by atoms with Gasteiger partial charge in [0.1, 0.15) is 0 Å². The molecule has 0 bridgehead atoms. The SMILES string of the molecule is CCCNS(=O)(=O)c1ccc(NCc2nc(C)no2)cc1. The average Bonchev–Trinajstić information content (AvgIpc) is 2.89. The zero-order valence-corrected chi connectivity index (χ0v) is 12.8. The lowest BCUT2D eigenvalue weighted by Crippen LogP contribution is -2.24. The molecule has 8 heteroatoms. The van der Waals surface area contributed by atoms with Crippen LogP contribution in [0.4, 0.5) is 5.69 Å². The number of rotatable bonds is 7. The Bertz CT molecular complexity index is 680. The van der Waals surface area contributed by atoms with E-state index in [-0.39, 0.29) is 4.90 Å². The van der Waals surface area contributed by atoms with Crippen LogP contribution >= 0.6 is 0 Å². The summed E-state index contributed by atoms with van der Waals surface area (Å²) in [5, 5.41) is 6.77. The molecule has 2 aromatic rings. The molecule has 1 aromatic carbocycles. The third-order valence-electron chi connectivity index (χ3n) is 2.72. The van der Waals surface area contributed by atoms with Crippen LogP contribution in [0, 0.1) is 6.92 Å². The highest BCUT2D eigenvalue weighted by Gasteiger charge is 2.12. The van der Waals surface area contributed by atoms with Gasteiger partial charge in [0.15, 0.2) is 5.82 Å². The standard InChI is InChI=1S/C13H18N4O3S/c1-3-8-15-21(18,19)12-6-4-11(5-7-12)14-9-13-16-10(2)17-20-13/h4-7,14-15H,3,8-9H2,1-2H3. The van der Waals surface area contributed by atoms with Gasteiger partial charge in [-0.15, -0.1) is 0 Å². The van der Waals surface area contributed by atoms with E-state index in [0.29, 0.717) is 24.8 Å². The molecule has 0 fully saturated rings. The Morgan fingerprint density at radius 3 is 2.52 bits per heavy atom. The van der Waals surface area contributed by atoms with Gasteiger partial charge in [-0.1, -0.05) is 12.1 Å². The van der Waals surface area contributed by atoms with Crippen LogP contribution in [0.5, 0.6) is 0 Å². The van der Waals surface area contributed by atoms with E-state index in [1.807, 2.05) is 6.92 Å². The number of benzene rings is 1. The molecule has 2 rings (SSSR count). The van der Waals surface area contributed by atoms with Crippen LogP contribution in [0.25, 0.3) is 0 Å². The fourth-order valence-electron chi connectivity index (χ4n) is 1.66. The summed E-state index contributed by atoms with van der Waals surface area (Å²) >= 11 is 0. The van der Waals surface area contributed by atoms with Gasteiger partial charge in [-0.25, -0.2) is 13.1 Å². The quantitative estimate of drug-likeness (QED) is 0.807. The summed E-state index contributed by atoms with van der Waals surface area (Å²) in [6.07, 6.45) is 0.752. The molecule has 2 N–H and O–H groups in total. The van der Waals surface area contributed by atoms with Gasteiger partial charge in [0, 0.05) is 12.2 Å². The monoisotopic (exact) mass is 310 g/mol. The highest BCUT2D eigenvalue weighted by atomic mass is 32.2. The maximum absolute atomic E-state index is 11.9. The number of hydrogen-bond donors (Lipinski definition) is 2. The number of nitrogens with one attached hydrogen (secondary N) is 2. The van der Waals surface area contributed by atoms with Crippen LogP contribution < -0.4 is 10.0 Å². The first-order chi connectivity index (χ1) is 10.0. The lowest BCUT2D eigenvalue weighted by Gasteiger charge is -2.07. The Morgan fingerprint density at radius 2 is 1.95 bits per heavy atom. The summed E-state index contributed by atoms with van der Waals surface area (Å²) in [5.41, 5.74) is 0.778. The molecule has 0 aliphatic heterocycles. The van der Waals surface area contributed by atoms with Gasteiger partial charge >= 0.3 is 0 Å². The molecule has 114 valence electrons. The normalized spacial score (nSPS) is 11.5. The maximum atomic E-state index is 11.9. The van der Waals surface area contributed by atoms with Crippen molar-refractivity contribution in [2.45, 2.75) is 31.7 Å². The molecule has 0 radical (unpaired) electrons. The third kappa shape index (κ3) is 4.27. The van der Waals surface area contributed by atoms with E-state index in [9.17, 15) is 8.42 Å². The minimum Gasteiger partial charge on any atom is -0.376 e. The number of anilines is 1. The van der Waals surface area contributed by atoms with E-state index in [2.05, 4.69) is 20.2 Å². The Kier molecular flexibility index (Phi) is 4.92. The lowest BCUT2D eigenvalue weighted by atomic mass is 10.3. The first-order valence-electron chi connectivity index (χ1n) is 6.64. The molecule has 0 aliphatic rings. The van der Waals surface area contributed by atoms with E-state index >= 15 is 0 Å². The van der Waals surface area contributed by atoms with Crippen molar-refractivity contribution in [1.82, 2.24) is 14.9 Å². The van der Waals surface area contributed by atoms with Crippen molar-refractivity contribution in [3.63, 3.8) is 0 Å². The smallest absolute Gasteiger partial charge is 0.245 e. The maximum Gasteiger partial charge on any atom is 0.245 e. The summed E-state index contributed by atoms with van der Waals surface area (Å²) in [6.45, 7) is 4.48. The Labute approximate surface area is 123 Å². The van der Waals surface area contributed by atoms with Crippen molar-refractivity contribution in [2.24, 2.45) is 0 Å². The third-order valence-corrected chi connectivity index (χ3v) is 4.20. The van der Waals surface area contributed by atoms with Crippen LogP contribution in [0.3, 0.4) is 0 Å². The highest BCUT2D eigenvalue weighted by Crippen LogP contribution is 2.14. The van der Waals surface area contributed by atoms with Gasteiger partial charge in [0.05, 0.1) is 11.4 Å². The van der Waals surface area contributed by atoms with Crippen molar-refractivity contribution in [3.05, 3.63) is 36.0 Å². The zero-order valence-electron chi connectivity index (χ0n) is 12.0. The minimum atomic E-state index is -3.42. The van der Waals surface area contributed by atoms with E-state index in [1.54, 1.807) is 31.2 Å². The molecule has 21 heavy (non-hydrogen) atoms. The largest absolute Gasteiger partial charge is 0.376 e. The summed E-state index contributed by atoms with van der Waals surface area (Å²) < 4.78 is 31.3. The van der Waals surface area contributed by atoms with Crippen LogP contribution in [-0.2, 0) is 16.6 Å². The Morgan fingerprint density at radius 1 is 1.24 bits per heavy atom. The van der Waals surface area contributed by atoms with Gasteiger partial charge in [0.25, 0.3) is 0 Å². The zero-order chi connectivity index (χ0) is 15.3. The fraction of sp³-hybridized carbons (Fsp3) is 0.385. The van der Waals surface area contributed by atoms with E-state index in [4.69, 9.17) is 4.52 Å². The first-order valence-corrected chi connectivity index (χ1v) is 8.12. The molecule has 7 nitrogen and oxygen atoms in total.